The molecule has 0 fully saturated rings. The third-order valence-electron chi connectivity index (χ3n) is 0.940. The van der Waals surface area contributed by atoms with E-state index in [0.29, 0.717) is 6.29 Å². The molecule has 12 heavy (non-hydrogen) atoms. The molecule has 0 aliphatic rings. The van der Waals surface area contributed by atoms with E-state index in [4.69, 9.17) is 23.2 Å². The Labute approximate surface area is 101 Å². The summed E-state index contributed by atoms with van der Waals surface area (Å²) in [6, 6.07) is 0. The van der Waals surface area contributed by atoms with Gasteiger partial charge in [0, 0.05) is 0 Å². The Bertz CT molecular complexity index is 256. The van der Waals surface area contributed by atoms with Gasteiger partial charge in [-0.3, -0.25) is 4.79 Å². The van der Waals surface area contributed by atoms with Crippen LogP contribution in [-0.4, -0.2) is 50.8 Å². The van der Waals surface area contributed by atoms with Crippen LogP contribution in [0, 0.1) is 0 Å². The average Bonchev–Trinajstić information content (AvgIpc) is 2.06. The Balaban J connectivity index is 0.00000121. The molecule has 7 heteroatoms. The second kappa shape index (κ2) is 5.09. The molecule has 60 valence electrons. The van der Waals surface area contributed by atoms with Gasteiger partial charge in [-0.15, -0.1) is 0 Å². The number of carbonyl (C=O) groups is 1. The first-order valence-corrected chi connectivity index (χ1v) is 3.39. The Morgan fingerprint density at radius 2 is 1.83 bits per heavy atom. The monoisotopic (exact) mass is 215 g/mol. The summed E-state index contributed by atoms with van der Waals surface area (Å²) in [6.45, 7) is 0. The van der Waals surface area contributed by atoms with Crippen molar-refractivity contribution in [2.24, 2.45) is 0 Å². The van der Waals surface area contributed by atoms with E-state index in [1.54, 1.807) is 0 Å². The van der Waals surface area contributed by atoms with Crippen LogP contribution in [0.15, 0.2) is 12.7 Å². The normalized spacial score (nSPS) is 10.2. The summed E-state index contributed by atoms with van der Waals surface area (Å²) >= 11 is 11.0. The molecule has 1 aromatic heterocycles. The van der Waals surface area contributed by atoms with Gasteiger partial charge in [-0.2, -0.15) is 0 Å². The zero-order chi connectivity index (χ0) is 8.32. The minimum atomic E-state index is -1.66. The van der Waals surface area contributed by atoms with Gasteiger partial charge in [0.2, 0.25) is 4.33 Å². The first-order valence-electron chi connectivity index (χ1n) is 2.63. The predicted molar refractivity (Wildman–Crippen MR) is 46.4 cm³/mol. The molecule has 0 aromatic carbocycles. The standard InChI is InChI=1S/C5H3Cl2N3O.Na.H/c6-5(7,1-11)4-9-2-8-3-10-4;;/h1-3H;;. The number of carbonyl (C=O) groups excluding carboxylic acids is 1. The molecule has 0 saturated heterocycles. The molecule has 0 unspecified atom stereocenters. The molecule has 0 aliphatic heterocycles. The van der Waals surface area contributed by atoms with E-state index in [1.165, 1.54) is 12.7 Å². The van der Waals surface area contributed by atoms with Crippen molar-refractivity contribution >= 4 is 59.0 Å². The van der Waals surface area contributed by atoms with Gasteiger partial charge in [0.1, 0.15) is 12.7 Å². The summed E-state index contributed by atoms with van der Waals surface area (Å²) in [6.07, 6.45) is 2.78. The van der Waals surface area contributed by atoms with Crippen molar-refractivity contribution in [3.05, 3.63) is 18.5 Å². The number of nitrogens with zero attached hydrogens (tertiary/aromatic N) is 3. The van der Waals surface area contributed by atoms with Crippen molar-refractivity contribution in [2.75, 3.05) is 0 Å². The van der Waals surface area contributed by atoms with Crippen LogP contribution in [0.2, 0.25) is 0 Å². The first kappa shape index (κ1) is 12.3. The maximum atomic E-state index is 10.3. The summed E-state index contributed by atoms with van der Waals surface area (Å²) < 4.78 is -1.66. The van der Waals surface area contributed by atoms with Crippen LogP contribution < -0.4 is 0 Å². The molecule has 0 bridgehead atoms. The van der Waals surface area contributed by atoms with Gasteiger partial charge in [-0.25, -0.2) is 15.0 Å². The van der Waals surface area contributed by atoms with Crippen LogP contribution in [0.4, 0.5) is 0 Å². The molecule has 1 aromatic rings. The van der Waals surface area contributed by atoms with Crippen molar-refractivity contribution in [3.63, 3.8) is 0 Å². The Morgan fingerprint density at radius 1 is 1.33 bits per heavy atom. The molecule has 0 amide bonds. The van der Waals surface area contributed by atoms with Crippen molar-refractivity contribution in [3.8, 4) is 0 Å². The summed E-state index contributed by atoms with van der Waals surface area (Å²) in [5.74, 6) is 0.0332. The summed E-state index contributed by atoms with van der Waals surface area (Å²) in [5.41, 5.74) is 0. The Morgan fingerprint density at radius 3 is 2.25 bits per heavy atom. The molecule has 0 radical (unpaired) electrons. The second-order valence-corrected chi connectivity index (χ2v) is 3.09. The minimum absolute atomic E-state index is 0. The maximum absolute atomic E-state index is 10.3. The third-order valence-corrected chi connectivity index (χ3v) is 1.46. The third kappa shape index (κ3) is 2.95. The number of aldehydes is 1. The SMILES string of the molecule is O=CC(Cl)(Cl)c1ncncn1.[NaH]. The van der Waals surface area contributed by atoms with Crippen molar-refractivity contribution in [1.29, 1.82) is 0 Å². The summed E-state index contributed by atoms with van der Waals surface area (Å²) in [5, 5.41) is 0. The fourth-order valence-corrected chi connectivity index (χ4v) is 0.659. The number of hydrogen-bond donors (Lipinski definition) is 0. The number of halogens is 2. The quantitative estimate of drug-likeness (QED) is 0.398. The molecule has 1 rings (SSSR count). The fourth-order valence-electron chi connectivity index (χ4n) is 0.464. The first-order chi connectivity index (χ1) is 5.17. The van der Waals surface area contributed by atoms with Crippen molar-refractivity contribution in [2.45, 2.75) is 4.33 Å². The van der Waals surface area contributed by atoms with E-state index in [1.807, 2.05) is 0 Å². The van der Waals surface area contributed by atoms with Gasteiger partial charge in [0.15, 0.2) is 12.1 Å². The van der Waals surface area contributed by atoms with E-state index in [9.17, 15) is 4.79 Å². The molecular weight excluding hydrogens is 212 g/mol. The second-order valence-electron chi connectivity index (χ2n) is 1.70. The molecule has 0 N–H and O–H groups in total. The molecular formula is C5H4Cl2N3NaO. The van der Waals surface area contributed by atoms with Crippen LogP contribution >= 0.6 is 23.2 Å². The van der Waals surface area contributed by atoms with Gasteiger partial charge >= 0.3 is 29.6 Å². The number of rotatable bonds is 2. The van der Waals surface area contributed by atoms with Gasteiger partial charge < -0.3 is 0 Å². The van der Waals surface area contributed by atoms with Crippen LogP contribution in [-0.2, 0) is 9.13 Å². The van der Waals surface area contributed by atoms with Gasteiger partial charge in [0.25, 0.3) is 0 Å². The van der Waals surface area contributed by atoms with Crippen LogP contribution in [0.3, 0.4) is 0 Å². The van der Waals surface area contributed by atoms with Gasteiger partial charge in [-0.1, -0.05) is 23.2 Å². The van der Waals surface area contributed by atoms with Crippen LogP contribution in [0.5, 0.6) is 0 Å². The van der Waals surface area contributed by atoms with E-state index >= 15 is 0 Å². The van der Waals surface area contributed by atoms with Crippen LogP contribution in [0.25, 0.3) is 0 Å². The molecule has 0 saturated carbocycles. The van der Waals surface area contributed by atoms with E-state index in [-0.39, 0.29) is 35.4 Å². The van der Waals surface area contributed by atoms with E-state index in [2.05, 4.69) is 15.0 Å². The van der Waals surface area contributed by atoms with Gasteiger partial charge in [0.05, 0.1) is 0 Å². The average molecular weight is 216 g/mol. The molecule has 0 atom stereocenters. The number of hydrogen-bond acceptors (Lipinski definition) is 4. The Hall–Kier alpha value is 0.260. The van der Waals surface area contributed by atoms with Crippen LogP contribution in [0.1, 0.15) is 5.82 Å². The number of aromatic nitrogens is 3. The zero-order valence-electron chi connectivity index (χ0n) is 5.24. The van der Waals surface area contributed by atoms with Crippen molar-refractivity contribution in [1.82, 2.24) is 15.0 Å². The predicted octanol–water partition coefficient (Wildman–Crippen LogP) is 0.0524. The molecule has 4 nitrogen and oxygen atoms in total. The molecule has 0 aliphatic carbocycles. The fraction of sp³-hybridized carbons (Fsp3) is 0.200. The Kier molecular flexibility index (Phi) is 5.20. The number of alkyl halides is 2. The van der Waals surface area contributed by atoms with E-state index in [0.717, 1.165) is 0 Å². The van der Waals surface area contributed by atoms with Gasteiger partial charge in [-0.05, 0) is 0 Å². The van der Waals surface area contributed by atoms with Crippen molar-refractivity contribution < 1.29 is 4.79 Å². The molecule has 0 spiro atoms. The summed E-state index contributed by atoms with van der Waals surface area (Å²) in [4.78, 5) is 21.0. The summed E-state index contributed by atoms with van der Waals surface area (Å²) in [7, 11) is 0. The topological polar surface area (TPSA) is 55.7 Å². The van der Waals surface area contributed by atoms with E-state index < -0.39 is 4.33 Å². The zero-order valence-corrected chi connectivity index (χ0v) is 6.75. The molecule has 1 heterocycles.